The van der Waals surface area contributed by atoms with Crippen LogP contribution in [0, 0.1) is 11.8 Å². The van der Waals surface area contributed by atoms with Crippen LogP contribution in [0.1, 0.15) is 25.0 Å². The average Bonchev–Trinajstić information content (AvgIpc) is 2.85. The summed E-state index contributed by atoms with van der Waals surface area (Å²) in [5, 5.41) is 49.1. The Morgan fingerprint density at radius 2 is 1.42 bits per heavy atom. The predicted octanol–water partition coefficient (Wildman–Crippen LogP) is 1.74. The van der Waals surface area contributed by atoms with Crippen LogP contribution in [0.25, 0.3) is 0 Å². The summed E-state index contributed by atoms with van der Waals surface area (Å²) in [6.07, 6.45) is -6.97. The van der Waals surface area contributed by atoms with Crippen LogP contribution in [-0.4, -0.2) is 76.4 Å². The Kier molecular flexibility index (Phi) is 9.02. The van der Waals surface area contributed by atoms with Crippen molar-refractivity contribution >= 4 is 5.97 Å². The van der Waals surface area contributed by atoms with E-state index < -0.39 is 36.7 Å². The quantitative estimate of drug-likeness (QED) is 0.322. The molecule has 1 fully saturated rings. The van der Waals surface area contributed by atoms with Gasteiger partial charge in [0, 0.05) is 0 Å². The number of phenols is 1. The smallest absolute Gasteiger partial charge is 0.335 e. The second-order valence-corrected chi connectivity index (χ2v) is 9.21. The lowest BCUT2D eigenvalue weighted by Gasteiger charge is -2.38. The molecule has 10 heteroatoms. The average molecular weight is 507 g/mol. The standard InChI is InChI=1S/C26H34O10/c1-13(9-15-5-7-17(27)19(11-15)33-3)14(2)10-16-6-8-18(20(12-16)34-4)35-26-23(30)21(28)22(29)24(36-26)25(31)32/h5-8,11-14,21-24,26-30H,9-10H2,1-4H3,(H,31,32)/t13?,14?,21-,22-,23+,24-,26+/m0/s1. The predicted molar refractivity (Wildman–Crippen MR) is 128 cm³/mol. The van der Waals surface area contributed by atoms with Crippen LogP contribution in [0.2, 0.25) is 0 Å². The maximum atomic E-state index is 11.3. The van der Waals surface area contributed by atoms with E-state index in [1.54, 1.807) is 18.2 Å². The Balaban J connectivity index is 1.68. The molecular formula is C26H34O10. The minimum Gasteiger partial charge on any atom is -0.504 e. The molecule has 0 bridgehead atoms. The number of methoxy groups -OCH3 is 2. The number of hydrogen-bond donors (Lipinski definition) is 5. The second kappa shape index (κ2) is 11.8. The number of aliphatic carboxylic acids is 1. The zero-order valence-electron chi connectivity index (χ0n) is 20.7. The van der Waals surface area contributed by atoms with Gasteiger partial charge in [0.05, 0.1) is 14.2 Å². The fourth-order valence-electron chi connectivity index (χ4n) is 4.21. The van der Waals surface area contributed by atoms with Gasteiger partial charge in [0.1, 0.15) is 18.3 Å². The largest absolute Gasteiger partial charge is 0.504 e. The van der Waals surface area contributed by atoms with Gasteiger partial charge in [-0.15, -0.1) is 0 Å². The monoisotopic (exact) mass is 506 g/mol. The van der Waals surface area contributed by atoms with Gasteiger partial charge in [-0.1, -0.05) is 26.0 Å². The number of carboxylic acid groups (broad SMARTS) is 1. The number of hydrogen-bond acceptors (Lipinski definition) is 9. The van der Waals surface area contributed by atoms with Crippen molar-refractivity contribution in [2.45, 2.75) is 57.4 Å². The normalized spacial score (nSPS) is 25.6. The van der Waals surface area contributed by atoms with Crippen LogP contribution in [0.3, 0.4) is 0 Å². The van der Waals surface area contributed by atoms with E-state index in [9.17, 15) is 30.3 Å². The van der Waals surface area contributed by atoms with E-state index in [1.807, 2.05) is 18.2 Å². The molecule has 2 aromatic carbocycles. The first-order valence-corrected chi connectivity index (χ1v) is 11.7. The lowest BCUT2D eigenvalue weighted by Crippen LogP contribution is -2.61. The summed E-state index contributed by atoms with van der Waals surface area (Å²) in [6.45, 7) is 4.29. The van der Waals surface area contributed by atoms with Crippen molar-refractivity contribution < 1.29 is 49.3 Å². The first-order chi connectivity index (χ1) is 17.0. The number of carboxylic acids is 1. The maximum absolute atomic E-state index is 11.3. The van der Waals surface area contributed by atoms with Crippen molar-refractivity contribution in [3.05, 3.63) is 47.5 Å². The molecule has 2 aromatic rings. The Hall–Kier alpha value is -3.05. The third-order valence-electron chi connectivity index (χ3n) is 6.62. The van der Waals surface area contributed by atoms with Gasteiger partial charge < -0.3 is 44.5 Å². The van der Waals surface area contributed by atoms with E-state index in [0.717, 1.165) is 24.0 Å². The Morgan fingerprint density at radius 3 is 1.97 bits per heavy atom. The van der Waals surface area contributed by atoms with Crippen LogP contribution in [0.5, 0.6) is 23.0 Å². The molecule has 2 unspecified atom stereocenters. The van der Waals surface area contributed by atoms with Crippen LogP contribution in [-0.2, 0) is 22.4 Å². The Morgan fingerprint density at radius 1 is 0.861 bits per heavy atom. The molecule has 0 radical (unpaired) electrons. The molecule has 1 aliphatic heterocycles. The first kappa shape index (κ1) is 27.5. The van der Waals surface area contributed by atoms with E-state index in [2.05, 4.69) is 13.8 Å². The number of aliphatic hydroxyl groups excluding tert-OH is 3. The zero-order valence-corrected chi connectivity index (χ0v) is 20.7. The van der Waals surface area contributed by atoms with Gasteiger partial charge in [0.25, 0.3) is 0 Å². The highest BCUT2D eigenvalue weighted by Crippen LogP contribution is 2.34. The topological polar surface area (TPSA) is 155 Å². The number of phenolic OH excluding ortho intramolecular Hbond substituents is 1. The summed E-state index contributed by atoms with van der Waals surface area (Å²) < 4.78 is 21.5. The van der Waals surface area contributed by atoms with Gasteiger partial charge in [-0.2, -0.15) is 0 Å². The molecule has 0 spiro atoms. The molecule has 7 atom stereocenters. The molecule has 0 amide bonds. The van der Waals surface area contributed by atoms with Crippen LogP contribution >= 0.6 is 0 Å². The van der Waals surface area contributed by atoms with Crippen molar-refractivity contribution in [3.63, 3.8) is 0 Å². The van der Waals surface area contributed by atoms with Crippen molar-refractivity contribution in [1.82, 2.24) is 0 Å². The number of carbonyl (C=O) groups is 1. The van der Waals surface area contributed by atoms with E-state index in [0.29, 0.717) is 17.4 Å². The number of ether oxygens (including phenoxy) is 4. The summed E-state index contributed by atoms with van der Waals surface area (Å²) in [5.74, 6) is 0.195. The molecule has 1 saturated heterocycles. The number of benzene rings is 2. The third kappa shape index (κ3) is 6.19. The molecule has 1 heterocycles. The highest BCUT2D eigenvalue weighted by Gasteiger charge is 2.48. The van der Waals surface area contributed by atoms with Gasteiger partial charge in [-0.3, -0.25) is 0 Å². The van der Waals surface area contributed by atoms with Gasteiger partial charge >= 0.3 is 5.97 Å². The number of rotatable bonds is 10. The number of aromatic hydroxyl groups is 1. The highest BCUT2D eigenvalue weighted by molar-refractivity contribution is 5.73. The molecule has 3 rings (SSSR count). The lowest BCUT2D eigenvalue weighted by atomic mass is 9.85. The van der Waals surface area contributed by atoms with Crippen LogP contribution in [0.4, 0.5) is 0 Å². The molecule has 0 aliphatic carbocycles. The third-order valence-corrected chi connectivity index (χ3v) is 6.62. The molecule has 0 aromatic heterocycles. The van der Waals surface area contributed by atoms with Crippen molar-refractivity contribution in [3.8, 4) is 23.0 Å². The molecule has 36 heavy (non-hydrogen) atoms. The molecule has 1 aliphatic rings. The zero-order chi connectivity index (χ0) is 26.6. The molecule has 198 valence electrons. The summed E-state index contributed by atoms with van der Waals surface area (Å²) in [6, 6.07) is 10.6. The molecule has 5 N–H and O–H groups in total. The van der Waals surface area contributed by atoms with Gasteiger partial charge in [-0.25, -0.2) is 4.79 Å². The highest BCUT2D eigenvalue weighted by atomic mass is 16.7. The first-order valence-electron chi connectivity index (χ1n) is 11.7. The lowest BCUT2D eigenvalue weighted by molar-refractivity contribution is -0.271. The van der Waals surface area contributed by atoms with Gasteiger partial charge in [0.15, 0.2) is 29.1 Å². The van der Waals surface area contributed by atoms with Crippen LogP contribution < -0.4 is 14.2 Å². The van der Waals surface area contributed by atoms with E-state index in [4.69, 9.17) is 18.9 Å². The fourth-order valence-corrected chi connectivity index (χ4v) is 4.21. The summed E-state index contributed by atoms with van der Waals surface area (Å²) in [7, 11) is 2.97. The Labute approximate surface area is 209 Å². The Bertz CT molecular complexity index is 1040. The summed E-state index contributed by atoms with van der Waals surface area (Å²) in [4.78, 5) is 11.3. The van der Waals surface area contributed by atoms with E-state index in [-0.39, 0.29) is 17.4 Å². The van der Waals surface area contributed by atoms with E-state index in [1.165, 1.54) is 14.2 Å². The number of aliphatic hydroxyl groups is 3. The summed E-state index contributed by atoms with van der Waals surface area (Å²) in [5.41, 5.74) is 2.04. The van der Waals surface area contributed by atoms with Gasteiger partial charge in [-0.05, 0) is 60.1 Å². The van der Waals surface area contributed by atoms with Crippen molar-refractivity contribution in [2.24, 2.45) is 11.8 Å². The molecule has 0 saturated carbocycles. The maximum Gasteiger partial charge on any atom is 0.335 e. The van der Waals surface area contributed by atoms with E-state index >= 15 is 0 Å². The van der Waals surface area contributed by atoms with Crippen molar-refractivity contribution in [1.29, 1.82) is 0 Å². The minimum atomic E-state index is -1.80. The fraction of sp³-hybridized carbons (Fsp3) is 0.500. The van der Waals surface area contributed by atoms with Crippen molar-refractivity contribution in [2.75, 3.05) is 14.2 Å². The molecular weight excluding hydrogens is 472 g/mol. The molecule has 10 nitrogen and oxygen atoms in total. The van der Waals surface area contributed by atoms with Crippen LogP contribution in [0.15, 0.2) is 36.4 Å². The summed E-state index contributed by atoms with van der Waals surface area (Å²) >= 11 is 0. The SMILES string of the molecule is COc1cc(CC(C)C(C)Cc2ccc(O[C@@H]3O[C@H](C(=O)O)[C@@H](O)[C@H](O)[C@H]3O)c(OC)c2)ccc1O. The van der Waals surface area contributed by atoms with Gasteiger partial charge in [0.2, 0.25) is 6.29 Å². The minimum absolute atomic E-state index is 0.103. The second-order valence-electron chi connectivity index (χ2n) is 9.21.